The predicted molar refractivity (Wildman–Crippen MR) is 73.8 cm³/mol. The van der Waals surface area contributed by atoms with Gasteiger partial charge in [-0.2, -0.15) is 0 Å². The van der Waals surface area contributed by atoms with Crippen LogP contribution in [0.5, 0.6) is 0 Å². The molecule has 0 bridgehead atoms. The van der Waals surface area contributed by atoms with Crippen molar-refractivity contribution < 1.29 is 9.18 Å². The summed E-state index contributed by atoms with van der Waals surface area (Å²) in [7, 11) is 0. The van der Waals surface area contributed by atoms with Gasteiger partial charge in [0.25, 0.3) is 5.91 Å². The van der Waals surface area contributed by atoms with Gasteiger partial charge in [-0.05, 0) is 25.1 Å². The van der Waals surface area contributed by atoms with Gasteiger partial charge >= 0.3 is 0 Å². The average molecular weight is 274 g/mol. The molecule has 2 heterocycles. The van der Waals surface area contributed by atoms with Gasteiger partial charge in [0.05, 0.1) is 24.0 Å². The summed E-state index contributed by atoms with van der Waals surface area (Å²) in [5.74, 6) is -0.569. The molecule has 5 nitrogen and oxygen atoms in total. The number of amides is 1. The second-order valence-corrected chi connectivity index (χ2v) is 4.08. The van der Waals surface area contributed by atoms with Gasteiger partial charge in [0.1, 0.15) is 11.6 Å². The summed E-state index contributed by atoms with van der Waals surface area (Å²) in [5, 5.41) is 5.62. The quantitative estimate of drug-likeness (QED) is 0.875. The van der Waals surface area contributed by atoms with Crippen molar-refractivity contribution in [1.82, 2.24) is 15.3 Å². The lowest BCUT2D eigenvalue weighted by molar-refractivity contribution is 0.0950. The lowest BCUT2D eigenvalue weighted by atomic mass is 10.2. The maximum Gasteiger partial charge on any atom is 0.255 e. The molecule has 0 fully saturated rings. The Morgan fingerprint density at radius 2 is 2.20 bits per heavy atom. The number of hydrogen-bond donors (Lipinski definition) is 2. The minimum Gasteiger partial charge on any atom is -0.370 e. The number of nitrogens with one attached hydrogen (secondary N) is 2. The van der Waals surface area contributed by atoms with Gasteiger partial charge in [-0.1, -0.05) is 6.07 Å². The minimum atomic E-state index is -0.547. The summed E-state index contributed by atoms with van der Waals surface area (Å²) in [6.07, 6.45) is 2.73. The maximum atomic E-state index is 13.2. The third kappa shape index (κ3) is 3.50. The van der Waals surface area contributed by atoms with Crippen molar-refractivity contribution in [2.45, 2.75) is 13.5 Å². The van der Waals surface area contributed by atoms with Crippen LogP contribution in [0.2, 0.25) is 0 Å². The zero-order valence-corrected chi connectivity index (χ0v) is 11.1. The minimum absolute atomic E-state index is 0.183. The Morgan fingerprint density at radius 3 is 2.90 bits per heavy atom. The molecule has 0 unspecified atom stereocenters. The van der Waals surface area contributed by atoms with E-state index in [0.717, 1.165) is 11.9 Å². The Bertz CT molecular complexity index is 589. The molecule has 2 N–H and O–H groups in total. The van der Waals surface area contributed by atoms with E-state index in [-0.39, 0.29) is 12.1 Å². The molecule has 6 heteroatoms. The van der Waals surface area contributed by atoms with E-state index < -0.39 is 11.7 Å². The lowest BCUT2D eigenvalue weighted by Crippen LogP contribution is -2.25. The van der Waals surface area contributed by atoms with Crippen molar-refractivity contribution in [3.63, 3.8) is 0 Å². The third-order valence-corrected chi connectivity index (χ3v) is 2.60. The van der Waals surface area contributed by atoms with Crippen LogP contribution < -0.4 is 10.6 Å². The topological polar surface area (TPSA) is 66.9 Å². The van der Waals surface area contributed by atoms with Gasteiger partial charge in [0.15, 0.2) is 0 Å². The van der Waals surface area contributed by atoms with Gasteiger partial charge in [0.2, 0.25) is 0 Å². The lowest BCUT2D eigenvalue weighted by Gasteiger charge is -2.10. The van der Waals surface area contributed by atoms with Crippen molar-refractivity contribution in [2.75, 3.05) is 11.9 Å². The van der Waals surface area contributed by atoms with Crippen molar-refractivity contribution in [3.8, 4) is 0 Å². The molecule has 20 heavy (non-hydrogen) atoms. The number of anilines is 1. The molecule has 0 aliphatic heterocycles. The molecule has 0 aliphatic carbocycles. The van der Waals surface area contributed by atoms with Crippen LogP contribution in [0.1, 0.15) is 23.0 Å². The van der Waals surface area contributed by atoms with Gasteiger partial charge in [-0.15, -0.1) is 0 Å². The van der Waals surface area contributed by atoms with Crippen LogP contribution in [0.3, 0.4) is 0 Å². The fourth-order valence-corrected chi connectivity index (χ4v) is 1.69. The Hall–Kier alpha value is -2.50. The first kappa shape index (κ1) is 13.9. The van der Waals surface area contributed by atoms with E-state index in [1.807, 2.05) is 13.0 Å². The van der Waals surface area contributed by atoms with Crippen LogP contribution in [0.25, 0.3) is 0 Å². The summed E-state index contributed by atoms with van der Waals surface area (Å²) in [6.45, 7) is 2.75. The summed E-state index contributed by atoms with van der Waals surface area (Å²) in [4.78, 5) is 20.1. The van der Waals surface area contributed by atoms with Gasteiger partial charge in [-0.3, -0.25) is 9.78 Å². The molecule has 104 valence electrons. The number of nitrogens with zero attached hydrogens (tertiary/aromatic N) is 2. The molecule has 0 saturated heterocycles. The summed E-state index contributed by atoms with van der Waals surface area (Å²) < 4.78 is 13.2. The third-order valence-electron chi connectivity index (χ3n) is 2.60. The fourth-order valence-electron chi connectivity index (χ4n) is 1.69. The number of aromatic nitrogens is 2. The summed E-state index contributed by atoms with van der Waals surface area (Å²) in [5.41, 5.74) is 0.915. The van der Waals surface area contributed by atoms with Crippen LogP contribution in [0.4, 0.5) is 10.2 Å². The first-order valence-corrected chi connectivity index (χ1v) is 6.28. The largest absolute Gasteiger partial charge is 0.370 e. The highest BCUT2D eigenvalue weighted by atomic mass is 19.1. The summed E-state index contributed by atoms with van der Waals surface area (Å²) >= 11 is 0. The number of carbonyl (C=O) groups is 1. The zero-order valence-electron chi connectivity index (χ0n) is 11.1. The number of halogens is 1. The van der Waals surface area contributed by atoms with E-state index in [9.17, 15) is 9.18 Å². The van der Waals surface area contributed by atoms with Gasteiger partial charge < -0.3 is 10.6 Å². The Kier molecular flexibility index (Phi) is 4.60. The second-order valence-electron chi connectivity index (χ2n) is 4.08. The molecule has 0 atom stereocenters. The van der Waals surface area contributed by atoms with Crippen molar-refractivity contribution in [2.24, 2.45) is 0 Å². The highest BCUT2D eigenvalue weighted by molar-refractivity contribution is 5.98. The number of hydrogen-bond acceptors (Lipinski definition) is 4. The molecule has 2 rings (SSSR count). The molecular weight excluding hydrogens is 259 g/mol. The van der Waals surface area contributed by atoms with Crippen molar-refractivity contribution in [1.29, 1.82) is 0 Å². The van der Waals surface area contributed by atoms with E-state index in [4.69, 9.17) is 0 Å². The highest BCUT2D eigenvalue weighted by Gasteiger charge is 2.13. The number of carbonyl (C=O) groups excluding carboxylic acids is 1. The van der Waals surface area contributed by atoms with Crippen LogP contribution in [0.15, 0.2) is 36.7 Å². The van der Waals surface area contributed by atoms with Crippen molar-refractivity contribution in [3.05, 3.63) is 53.7 Å². The fraction of sp³-hybridized carbons (Fsp3) is 0.214. The zero-order chi connectivity index (χ0) is 14.4. The molecule has 0 aliphatic rings. The molecule has 0 radical (unpaired) electrons. The SMILES string of the molecule is CCNc1ncc(F)cc1C(=O)NCc1ccccn1. The van der Waals surface area contributed by atoms with Crippen LogP contribution in [-0.2, 0) is 6.54 Å². The Labute approximate surface area is 116 Å². The smallest absolute Gasteiger partial charge is 0.255 e. The van der Waals surface area contributed by atoms with Crippen LogP contribution in [-0.4, -0.2) is 22.4 Å². The first-order valence-electron chi connectivity index (χ1n) is 6.28. The number of rotatable bonds is 5. The normalized spacial score (nSPS) is 10.1. The van der Waals surface area contributed by atoms with E-state index in [1.54, 1.807) is 18.3 Å². The molecule has 0 spiro atoms. The van der Waals surface area contributed by atoms with Crippen molar-refractivity contribution >= 4 is 11.7 Å². The number of pyridine rings is 2. The molecule has 2 aromatic heterocycles. The maximum absolute atomic E-state index is 13.2. The van der Waals surface area contributed by atoms with E-state index >= 15 is 0 Å². The molecule has 1 amide bonds. The van der Waals surface area contributed by atoms with Gasteiger partial charge in [0, 0.05) is 12.7 Å². The standard InChI is InChI=1S/C14H15FN4O/c1-2-16-13-12(7-10(15)8-18-13)14(20)19-9-11-5-3-4-6-17-11/h3-8H,2,9H2,1H3,(H,16,18)(H,19,20). The van der Waals surface area contributed by atoms with Crippen LogP contribution in [0, 0.1) is 5.82 Å². The van der Waals surface area contributed by atoms with E-state index in [1.165, 1.54) is 6.07 Å². The predicted octanol–water partition coefficient (Wildman–Crippen LogP) is 1.98. The molecule has 2 aromatic rings. The average Bonchev–Trinajstić information content (AvgIpc) is 2.48. The van der Waals surface area contributed by atoms with Gasteiger partial charge in [-0.25, -0.2) is 9.37 Å². The van der Waals surface area contributed by atoms with E-state index in [2.05, 4.69) is 20.6 Å². The Balaban J connectivity index is 2.10. The molecular formula is C14H15FN4O. The Morgan fingerprint density at radius 1 is 1.35 bits per heavy atom. The second kappa shape index (κ2) is 6.60. The highest BCUT2D eigenvalue weighted by Crippen LogP contribution is 2.13. The monoisotopic (exact) mass is 274 g/mol. The first-order chi connectivity index (χ1) is 9.70. The molecule has 0 saturated carbocycles. The summed E-state index contributed by atoms with van der Waals surface area (Å²) in [6, 6.07) is 6.60. The van der Waals surface area contributed by atoms with E-state index in [0.29, 0.717) is 12.4 Å². The van der Waals surface area contributed by atoms with Crippen LogP contribution >= 0.6 is 0 Å². The molecule has 0 aromatic carbocycles.